The van der Waals surface area contributed by atoms with Crippen LogP contribution in [-0.2, 0) is 20.4 Å². The lowest BCUT2D eigenvalue weighted by atomic mass is 10.0. The van der Waals surface area contributed by atoms with Crippen molar-refractivity contribution in [3.63, 3.8) is 0 Å². The van der Waals surface area contributed by atoms with Crippen LogP contribution in [0, 0.1) is 0 Å². The molecule has 1 amide bonds. The molecule has 0 aromatic carbocycles. The van der Waals surface area contributed by atoms with Crippen molar-refractivity contribution < 1.29 is 32.2 Å². The van der Waals surface area contributed by atoms with Crippen molar-refractivity contribution in [1.82, 2.24) is 25.3 Å². The number of carbonyl (C=O) groups is 1. The van der Waals surface area contributed by atoms with E-state index in [1.807, 2.05) is 13.8 Å². The molecule has 2 fully saturated rings. The second kappa shape index (κ2) is 9.71. The average molecular weight is 456 g/mol. The van der Waals surface area contributed by atoms with Gasteiger partial charge in [0.2, 0.25) is 0 Å². The van der Waals surface area contributed by atoms with E-state index in [-0.39, 0.29) is 35.7 Å². The van der Waals surface area contributed by atoms with Crippen molar-refractivity contribution in [2.75, 3.05) is 18.9 Å². The molecule has 2 aliphatic rings. The molecule has 32 heavy (non-hydrogen) atoms. The highest BCUT2D eigenvalue weighted by Gasteiger charge is 2.47. The number of nitrogen functional groups attached to an aromatic ring is 1. The quantitative estimate of drug-likeness (QED) is 0.706. The maximum Gasteiger partial charge on any atom is 0.434 e. The van der Waals surface area contributed by atoms with E-state index in [2.05, 4.69) is 25.3 Å². The van der Waals surface area contributed by atoms with Crippen LogP contribution >= 0.6 is 0 Å². The van der Waals surface area contributed by atoms with Gasteiger partial charge < -0.3 is 25.3 Å². The Labute approximate surface area is 181 Å². The van der Waals surface area contributed by atoms with Crippen LogP contribution in [0.2, 0.25) is 0 Å². The Morgan fingerprint density at radius 3 is 2.62 bits per heavy atom. The van der Waals surface area contributed by atoms with Crippen LogP contribution in [0.4, 0.5) is 19.0 Å². The monoisotopic (exact) mass is 456 g/mol. The SMILES string of the molecule is CC1(C)OC2CCOC(CNC(=O)c3cnccn3)C2O1.Nc1cncc(C(F)(F)F)n1. The summed E-state index contributed by atoms with van der Waals surface area (Å²) in [4.78, 5) is 26.1. The summed E-state index contributed by atoms with van der Waals surface area (Å²) >= 11 is 0. The summed E-state index contributed by atoms with van der Waals surface area (Å²) < 4.78 is 52.9. The average Bonchev–Trinajstić information content (AvgIpc) is 3.07. The van der Waals surface area contributed by atoms with Gasteiger partial charge in [-0.1, -0.05) is 0 Å². The minimum Gasteiger partial charge on any atom is -0.382 e. The first-order chi connectivity index (χ1) is 15.0. The number of rotatable bonds is 3. The predicted molar refractivity (Wildman–Crippen MR) is 104 cm³/mol. The molecule has 10 nitrogen and oxygen atoms in total. The highest BCUT2D eigenvalue weighted by molar-refractivity contribution is 5.91. The summed E-state index contributed by atoms with van der Waals surface area (Å²) in [5.74, 6) is -1.11. The van der Waals surface area contributed by atoms with Gasteiger partial charge in [0.15, 0.2) is 11.5 Å². The molecule has 3 N–H and O–H groups in total. The standard InChI is InChI=1S/C14H19N3O4.C5H4F3N3/c1-14(2)20-10-3-6-19-11(12(10)21-14)8-17-13(18)9-7-15-4-5-16-9;6-5(7,8)3-1-10-2-4(9)11-3/h4-5,7,10-12H,3,6,8H2,1-2H3,(H,17,18);1-2H,(H2,9,11). The smallest absolute Gasteiger partial charge is 0.382 e. The summed E-state index contributed by atoms with van der Waals surface area (Å²) in [5.41, 5.74) is 4.20. The van der Waals surface area contributed by atoms with Gasteiger partial charge in [-0.3, -0.25) is 14.8 Å². The van der Waals surface area contributed by atoms with E-state index in [0.29, 0.717) is 19.3 Å². The number of aromatic nitrogens is 4. The number of fused-ring (bicyclic) bond motifs is 1. The summed E-state index contributed by atoms with van der Waals surface area (Å²) in [6, 6.07) is 0. The molecule has 3 atom stereocenters. The maximum atomic E-state index is 12.0. The van der Waals surface area contributed by atoms with Crippen molar-refractivity contribution in [2.45, 2.75) is 50.5 Å². The molecule has 13 heteroatoms. The number of nitrogens with two attached hydrogens (primary N) is 1. The Kier molecular flexibility index (Phi) is 7.21. The fourth-order valence-corrected chi connectivity index (χ4v) is 3.22. The fraction of sp³-hybridized carbons (Fsp3) is 0.526. The normalized spacial score (nSPS) is 24.1. The Bertz CT molecular complexity index is 915. The molecular formula is C19H23F3N6O4. The molecule has 0 saturated carbocycles. The zero-order valence-electron chi connectivity index (χ0n) is 17.4. The minimum absolute atomic E-state index is 0.0205. The van der Waals surface area contributed by atoms with Gasteiger partial charge in [-0.25, -0.2) is 9.97 Å². The molecule has 2 aromatic rings. The largest absolute Gasteiger partial charge is 0.434 e. The molecule has 3 unspecified atom stereocenters. The van der Waals surface area contributed by atoms with E-state index in [0.717, 1.165) is 12.6 Å². The number of nitrogens with zero attached hydrogens (tertiary/aromatic N) is 4. The number of nitrogens with one attached hydrogen (secondary N) is 1. The van der Waals surface area contributed by atoms with Crippen molar-refractivity contribution in [3.8, 4) is 0 Å². The topological polar surface area (TPSA) is 134 Å². The van der Waals surface area contributed by atoms with Crippen molar-refractivity contribution in [2.24, 2.45) is 0 Å². The lowest BCUT2D eigenvalue weighted by Gasteiger charge is -2.31. The summed E-state index contributed by atoms with van der Waals surface area (Å²) in [5, 5.41) is 2.81. The van der Waals surface area contributed by atoms with Crippen LogP contribution < -0.4 is 11.1 Å². The molecule has 2 aromatic heterocycles. The van der Waals surface area contributed by atoms with Gasteiger partial charge in [-0.2, -0.15) is 13.2 Å². The number of hydrogen-bond donors (Lipinski definition) is 2. The minimum atomic E-state index is -4.47. The summed E-state index contributed by atoms with van der Waals surface area (Å²) in [7, 11) is 0. The lowest BCUT2D eigenvalue weighted by Crippen LogP contribution is -2.48. The number of hydrogen-bond acceptors (Lipinski definition) is 9. The van der Waals surface area contributed by atoms with E-state index in [9.17, 15) is 18.0 Å². The van der Waals surface area contributed by atoms with Crippen LogP contribution in [-0.4, -0.2) is 63.1 Å². The Morgan fingerprint density at radius 2 is 2.00 bits per heavy atom. The van der Waals surface area contributed by atoms with Crippen LogP contribution in [0.15, 0.2) is 31.0 Å². The Hall–Kier alpha value is -2.90. The predicted octanol–water partition coefficient (Wildman–Crippen LogP) is 1.59. The number of anilines is 1. The van der Waals surface area contributed by atoms with Gasteiger partial charge in [0, 0.05) is 25.5 Å². The highest BCUT2D eigenvalue weighted by atomic mass is 19.4. The number of carbonyl (C=O) groups excluding carboxylic acids is 1. The highest BCUT2D eigenvalue weighted by Crippen LogP contribution is 2.35. The van der Waals surface area contributed by atoms with Crippen LogP contribution in [0.1, 0.15) is 36.5 Å². The van der Waals surface area contributed by atoms with Gasteiger partial charge in [0.1, 0.15) is 23.7 Å². The second-order valence-corrected chi connectivity index (χ2v) is 7.46. The van der Waals surface area contributed by atoms with Crippen molar-refractivity contribution in [1.29, 1.82) is 0 Å². The number of alkyl halides is 3. The van der Waals surface area contributed by atoms with Gasteiger partial charge in [0.05, 0.1) is 24.7 Å². The van der Waals surface area contributed by atoms with E-state index >= 15 is 0 Å². The molecule has 2 saturated heterocycles. The summed E-state index contributed by atoms with van der Waals surface area (Å²) in [6.07, 6.45) is 2.10. The van der Waals surface area contributed by atoms with E-state index in [1.54, 1.807) is 0 Å². The first-order valence-corrected chi connectivity index (χ1v) is 9.71. The molecular weight excluding hydrogens is 433 g/mol. The molecule has 0 bridgehead atoms. The third-order valence-electron chi connectivity index (χ3n) is 4.53. The van der Waals surface area contributed by atoms with E-state index in [4.69, 9.17) is 19.9 Å². The first-order valence-electron chi connectivity index (χ1n) is 9.71. The van der Waals surface area contributed by atoms with Crippen molar-refractivity contribution >= 4 is 11.7 Å². The maximum absolute atomic E-state index is 12.0. The molecule has 0 radical (unpaired) electrons. The van der Waals surface area contributed by atoms with Gasteiger partial charge >= 0.3 is 6.18 Å². The molecule has 0 spiro atoms. The molecule has 4 rings (SSSR count). The molecule has 4 heterocycles. The fourth-order valence-electron chi connectivity index (χ4n) is 3.22. The first kappa shape index (κ1) is 23.8. The Morgan fingerprint density at radius 1 is 1.22 bits per heavy atom. The van der Waals surface area contributed by atoms with E-state index in [1.165, 1.54) is 18.6 Å². The zero-order chi connectivity index (χ0) is 23.4. The van der Waals surface area contributed by atoms with Crippen LogP contribution in [0.25, 0.3) is 0 Å². The molecule has 174 valence electrons. The number of amides is 1. The Balaban J connectivity index is 0.000000222. The van der Waals surface area contributed by atoms with E-state index < -0.39 is 17.7 Å². The van der Waals surface area contributed by atoms with Gasteiger partial charge in [-0.05, 0) is 20.3 Å². The number of ether oxygens (including phenoxy) is 3. The van der Waals surface area contributed by atoms with Gasteiger partial charge in [0.25, 0.3) is 5.91 Å². The lowest BCUT2D eigenvalue weighted by molar-refractivity contribution is -0.153. The third-order valence-corrected chi connectivity index (χ3v) is 4.53. The van der Waals surface area contributed by atoms with Crippen molar-refractivity contribution in [3.05, 3.63) is 42.4 Å². The van der Waals surface area contributed by atoms with Crippen LogP contribution in [0.5, 0.6) is 0 Å². The molecule has 2 aliphatic heterocycles. The number of halogens is 3. The second-order valence-electron chi connectivity index (χ2n) is 7.46. The third kappa shape index (κ3) is 6.31. The molecule has 0 aliphatic carbocycles. The summed E-state index contributed by atoms with van der Waals surface area (Å²) in [6.45, 7) is 4.74. The zero-order valence-corrected chi connectivity index (χ0v) is 17.4. The van der Waals surface area contributed by atoms with Crippen LogP contribution in [0.3, 0.4) is 0 Å². The van der Waals surface area contributed by atoms with Gasteiger partial charge in [-0.15, -0.1) is 0 Å².